The van der Waals surface area contributed by atoms with Gasteiger partial charge in [0.2, 0.25) is 5.88 Å². The lowest BCUT2D eigenvalue weighted by Gasteiger charge is -2.11. The summed E-state index contributed by atoms with van der Waals surface area (Å²) >= 11 is 6.15. The van der Waals surface area contributed by atoms with Gasteiger partial charge in [-0.2, -0.15) is 5.10 Å². The molecule has 0 atom stereocenters. The molecule has 3 N–H and O–H groups in total. The van der Waals surface area contributed by atoms with E-state index in [1.54, 1.807) is 18.7 Å². The quantitative estimate of drug-likeness (QED) is 0.395. The molecular formula is C14H17ClN4O2. The number of nitrogens with zero attached hydrogens (tertiary/aromatic N) is 3. The van der Waals surface area contributed by atoms with Crippen molar-refractivity contribution in [2.75, 3.05) is 0 Å². The van der Waals surface area contributed by atoms with Gasteiger partial charge in [-0.3, -0.25) is 0 Å². The zero-order valence-electron chi connectivity index (χ0n) is 12.3. The summed E-state index contributed by atoms with van der Waals surface area (Å²) in [5, 5.41) is 16.9. The molecule has 21 heavy (non-hydrogen) atoms. The van der Waals surface area contributed by atoms with E-state index in [-0.39, 0.29) is 5.84 Å². The van der Waals surface area contributed by atoms with Crippen molar-refractivity contribution in [3.8, 4) is 11.6 Å². The Balaban J connectivity index is 2.50. The highest BCUT2D eigenvalue weighted by Gasteiger charge is 2.19. The zero-order valence-corrected chi connectivity index (χ0v) is 13.1. The summed E-state index contributed by atoms with van der Waals surface area (Å²) in [6.45, 7) is 5.57. The molecule has 0 saturated carbocycles. The smallest absolute Gasteiger partial charge is 0.229 e. The van der Waals surface area contributed by atoms with Gasteiger partial charge in [-0.05, 0) is 44.0 Å². The molecule has 0 aliphatic carbocycles. The van der Waals surface area contributed by atoms with Gasteiger partial charge in [-0.15, -0.1) is 0 Å². The number of amidine groups is 1. The van der Waals surface area contributed by atoms with Crippen LogP contribution in [0.5, 0.6) is 11.6 Å². The second-order valence-corrected chi connectivity index (χ2v) is 5.23. The molecule has 2 rings (SSSR count). The SMILES string of the molecule is Cc1cc(Oc2c(C(N)=NO)c(C)nn2C)cc(C)c1Cl. The van der Waals surface area contributed by atoms with E-state index in [4.69, 9.17) is 27.3 Å². The van der Waals surface area contributed by atoms with Gasteiger partial charge in [0.1, 0.15) is 11.3 Å². The van der Waals surface area contributed by atoms with E-state index in [2.05, 4.69) is 10.3 Å². The zero-order chi connectivity index (χ0) is 15.7. The Morgan fingerprint density at radius 2 is 1.90 bits per heavy atom. The molecule has 1 aromatic heterocycles. The van der Waals surface area contributed by atoms with Crippen LogP contribution in [0.25, 0.3) is 0 Å². The van der Waals surface area contributed by atoms with Gasteiger partial charge in [0, 0.05) is 12.1 Å². The van der Waals surface area contributed by atoms with Crippen molar-refractivity contribution >= 4 is 17.4 Å². The summed E-state index contributed by atoms with van der Waals surface area (Å²) in [6, 6.07) is 3.65. The summed E-state index contributed by atoms with van der Waals surface area (Å²) in [6.07, 6.45) is 0. The van der Waals surface area contributed by atoms with Gasteiger partial charge in [-0.1, -0.05) is 16.8 Å². The Morgan fingerprint density at radius 1 is 1.33 bits per heavy atom. The highest BCUT2D eigenvalue weighted by atomic mass is 35.5. The van der Waals surface area contributed by atoms with Crippen LogP contribution >= 0.6 is 11.6 Å². The number of oxime groups is 1. The molecule has 0 aliphatic rings. The molecule has 0 aliphatic heterocycles. The molecule has 1 aromatic carbocycles. The molecule has 6 nitrogen and oxygen atoms in total. The number of hydrogen-bond acceptors (Lipinski definition) is 4. The number of halogens is 1. The standard InChI is InChI=1S/C14H17ClN4O2/c1-7-5-10(6-8(2)12(7)15)21-14-11(13(16)18-20)9(3)17-19(14)4/h5-6,20H,1-4H3,(H2,16,18). The fourth-order valence-corrected chi connectivity index (χ4v) is 2.28. The summed E-state index contributed by atoms with van der Waals surface area (Å²) in [7, 11) is 1.73. The third-order valence-electron chi connectivity index (χ3n) is 3.16. The van der Waals surface area contributed by atoms with Crippen LogP contribution < -0.4 is 10.5 Å². The van der Waals surface area contributed by atoms with Crippen LogP contribution in [0.2, 0.25) is 5.02 Å². The molecule has 1 heterocycles. The van der Waals surface area contributed by atoms with Crippen molar-refractivity contribution < 1.29 is 9.94 Å². The summed E-state index contributed by atoms with van der Waals surface area (Å²) < 4.78 is 7.41. The highest BCUT2D eigenvalue weighted by molar-refractivity contribution is 6.32. The van der Waals surface area contributed by atoms with Crippen LogP contribution in [-0.4, -0.2) is 20.8 Å². The summed E-state index contributed by atoms with van der Waals surface area (Å²) in [5.41, 5.74) is 8.60. The molecule has 0 unspecified atom stereocenters. The molecule has 0 amide bonds. The van der Waals surface area contributed by atoms with Crippen molar-refractivity contribution in [2.45, 2.75) is 20.8 Å². The minimum absolute atomic E-state index is 0.0435. The maximum atomic E-state index is 8.89. The van der Waals surface area contributed by atoms with Gasteiger partial charge >= 0.3 is 0 Å². The minimum atomic E-state index is -0.0435. The Bertz CT molecular complexity index is 699. The number of hydrogen-bond donors (Lipinski definition) is 2. The van der Waals surface area contributed by atoms with Gasteiger partial charge in [0.25, 0.3) is 0 Å². The fraction of sp³-hybridized carbons (Fsp3) is 0.286. The first-order chi connectivity index (χ1) is 9.85. The number of ether oxygens (including phenoxy) is 1. The van der Waals surface area contributed by atoms with Crippen LogP contribution in [0, 0.1) is 20.8 Å². The Morgan fingerprint density at radius 3 is 2.43 bits per heavy atom. The second-order valence-electron chi connectivity index (χ2n) is 4.85. The predicted octanol–water partition coefficient (Wildman–Crippen LogP) is 2.89. The summed E-state index contributed by atoms with van der Waals surface area (Å²) in [5.74, 6) is 0.978. The number of aryl methyl sites for hydroxylation is 4. The third kappa shape index (κ3) is 2.80. The van der Waals surface area contributed by atoms with Crippen LogP contribution in [0.4, 0.5) is 0 Å². The fourth-order valence-electron chi connectivity index (χ4n) is 2.18. The number of rotatable bonds is 3. The average Bonchev–Trinajstić information content (AvgIpc) is 2.69. The van der Waals surface area contributed by atoms with E-state index >= 15 is 0 Å². The van der Waals surface area contributed by atoms with Gasteiger partial charge in [0.15, 0.2) is 5.84 Å². The van der Waals surface area contributed by atoms with E-state index in [0.29, 0.717) is 27.9 Å². The minimum Gasteiger partial charge on any atom is -0.438 e. The van der Waals surface area contributed by atoms with Gasteiger partial charge < -0.3 is 15.7 Å². The van der Waals surface area contributed by atoms with Crippen molar-refractivity contribution in [3.63, 3.8) is 0 Å². The summed E-state index contributed by atoms with van der Waals surface area (Å²) in [4.78, 5) is 0. The maximum Gasteiger partial charge on any atom is 0.229 e. The first-order valence-corrected chi connectivity index (χ1v) is 6.69. The average molecular weight is 309 g/mol. The predicted molar refractivity (Wildman–Crippen MR) is 81.5 cm³/mol. The van der Waals surface area contributed by atoms with E-state index in [1.165, 1.54) is 0 Å². The van der Waals surface area contributed by atoms with Crippen LogP contribution in [0.15, 0.2) is 17.3 Å². The van der Waals surface area contributed by atoms with Gasteiger partial charge in [-0.25, -0.2) is 4.68 Å². The van der Waals surface area contributed by atoms with Crippen molar-refractivity contribution in [2.24, 2.45) is 17.9 Å². The van der Waals surface area contributed by atoms with E-state index in [1.807, 2.05) is 26.0 Å². The molecule has 0 fully saturated rings. The third-order valence-corrected chi connectivity index (χ3v) is 3.75. The monoisotopic (exact) mass is 308 g/mol. The number of benzene rings is 1. The first kappa shape index (κ1) is 15.2. The Kier molecular flexibility index (Phi) is 4.09. The van der Waals surface area contributed by atoms with E-state index < -0.39 is 0 Å². The number of nitrogens with two attached hydrogens (primary N) is 1. The first-order valence-electron chi connectivity index (χ1n) is 6.31. The molecule has 2 aromatic rings. The Hall–Kier alpha value is -2.21. The molecule has 0 saturated heterocycles. The number of aromatic nitrogens is 2. The largest absolute Gasteiger partial charge is 0.438 e. The van der Waals surface area contributed by atoms with Crippen LogP contribution in [-0.2, 0) is 7.05 Å². The van der Waals surface area contributed by atoms with Crippen LogP contribution in [0.3, 0.4) is 0 Å². The molecule has 0 radical (unpaired) electrons. The van der Waals surface area contributed by atoms with Crippen molar-refractivity contribution in [1.29, 1.82) is 0 Å². The molecule has 7 heteroatoms. The highest BCUT2D eigenvalue weighted by Crippen LogP contribution is 2.31. The second kappa shape index (κ2) is 5.65. The molecule has 0 spiro atoms. The van der Waals surface area contributed by atoms with E-state index in [9.17, 15) is 0 Å². The molecular weight excluding hydrogens is 292 g/mol. The van der Waals surface area contributed by atoms with E-state index in [0.717, 1.165) is 11.1 Å². The molecule has 0 bridgehead atoms. The maximum absolute atomic E-state index is 8.89. The van der Waals surface area contributed by atoms with Crippen LogP contribution in [0.1, 0.15) is 22.4 Å². The lowest BCUT2D eigenvalue weighted by molar-refractivity contribution is 0.318. The Labute approximate surface area is 127 Å². The topological polar surface area (TPSA) is 85.7 Å². The normalized spacial score (nSPS) is 11.8. The van der Waals surface area contributed by atoms with Gasteiger partial charge in [0.05, 0.1) is 5.69 Å². The van der Waals surface area contributed by atoms with Crippen molar-refractivity contribution in [1.82, 2.24) is 9.78 Å². The lowest BCUT2D eigenvalue weighted by atomic mass is 10.1. The molecule has 112 valence electrons. The van der Waals surface area contributed by atoms with Crippen molar-refractivity contribution in [3.05, 3.63) is 39.5 Å². The lowest BCUT2D eigenvalue weighted by Crippen LogP contribution is -2.15.